The minimum absolute atomic E-state index is 0.148. The molecule has 98 valence electrons. The summed E-state index contributed by atoms with van der Waals surface area (Å²) in [5, 5.41) is 0. The third-order valence-electron chi connectivity index (χ3n) is 3.71. The van der Waals surface area contributed by atoms with E-state index in [4.69, 9.17) is 8.92 Å². The molecule has 5 heteroatoms. The number of ether oxygens (including phenoxy) is 1. The third-order valence-corrected chi connectivity index (χ3v) is 4.99. The van der Waals surface area contributed by atoms with Gasteiger partial charge in [-0.3, -0.25) is 4.18 Å². The van der Waals surface area contributed by atoms with Gasteiger partial charge in [-0.25, -0.2) is 0 Å². The molecule has 2 aliphatic rings. The zero-order valence-electron chi connectivity index (χ0n) is 10.0. The van der Waals surface area contributed by atoms with Crippen molar-refractivity contribution in [1.82, 2.24) is 0 Å². The van der Waals surface area contributed by atoms with E-state index in [9.17, 15) is 8.42 Å². The molecule has 4 nitrogen and oxygen atoms in total. The maximum atomic E-state index is 12.0. The van der Waals surface area contributed by atoms with Gasteiger partial charge in [0.15, 0.2) is 0 Å². The molecule has 1 aromatic rings. The minimum atomic E-state index is -3.65. The van der Waals surface area contributed by atoms with Gasteiger partial charge in [0.2, 0.25) is 0 Å². The highest BCUT2D eigenvalue weighted by Crippen LogP contribution is 2.48. The minimum Gasteiger partial charge on any atom is -0.363 e. The van der Waals surface area contributed by atoms with Crippen LogP contribution in [0.2, 0.25) is 0 Å². The molecule has 0 aromatic heterocycles. The Bertz CT molecular complexity index is 525. The van der Waals surface area contributed by atoms with Gasteiger partial charge in [-0.05, 0) is 25.0 Å². The Morgan fingerprint density at radius 2 is 2.06 bits per heavy atom. The van der Waals surface area contributed by atoms with Gasteiger partial charge < -0.3 is 4.74 Å². The van der Waals surface area contributed by atoms with Crippen molar-refractivity contribution in [3.63, 3.8) is 0 Å². The molecule has 0 radical (unpaired) electrons. The normalized spacial score (nSPS) is 30.8. The van der Waals surface area contributed by atoms with Crippen LogP contribution in [0.1, 0.15) is 25.7 Å². The summed E-state index contributed by atoms with van der Waals surface area (Å²) in [5.41, 5.74) is -0.319. The second-order valence-electron chi connectivity index (χ2n) is 4.95. The fourth-order valence-corrected chi connectivity index (χ4v) is 3.56. The molecule has 1 heterocycles. The van der Waals surface area contributed by atoms with Crippen LogP contribution in [0.25, 0.3) is 0 Å². The number of hydrogen-bond donors (Lipinski definition) is 0. The Kier molecular flexibility index (Phi) is 2.92. The average molecular weight is 268 g/mol. The van der Waals surface area contributed by atoms with E-state index in [0.29, 0.717) is 0 Å². The summed E-state index contributed by atoms with van der Waals surface area (Å²) in [6.07, 6.45) is 4.39. The predicted molar refractivity (Wildman–Crippen MR) is 65.7 cm³/mol. The zero-order chi connectivity index (χ0) is 12.6. The SMILES string of the molecule is O=S(=O)(OCC12CCCCC1O2)c1ccccc1. The van der Waals surface area contributed by atoms with E-state index in [1.165, 1.54) is 0 Å². The Morgan fingerprint density at radius 3 is 2.78 bits per heavy atom. The lowest BCUT2D eigenvalue weighted by Crippen LogP contribution is -2.27. The summed E-state index contributed by atoms with van der Waals surface area (Å²) >= 11 is 0. The van der Waals surface area contributed by atoms with Crippen LogP contribution in [0.3, 0.4) is 0 Å². The molecule has 0 spiro atoms. The van der Waals surface area contributed by atoms with Gasteiger partial charge in [-0.2, -0.15) is 8.42 Å². The topological polar surface area (TPSA) is 55.9 Å². The molecule has 1 aliphatic heterocycles. The van der Waals surface area contributed by atoms with Gasteiger partial charge in [0.05, 0.1) is 17.6 Å². The maximum Gasteiger partial charge on any atom is 0.297 e. The highest BCUT2D eigenvalue weighted by molar-refractivity contribution is 7.86. The van der Waals surface area contributed by atoms with E-state index in [1.54, 1.807) is 30.3 Å². The summed E-state index contributed by atoms with van der Waals surface area (Å²) in [6, 6.07) is 8.23. The van der Waals surface area contributed by atoms with Crippen molar-refractivity contribution in [1.29, 1.82) is 0 Å². The predicted octanol–water partition coefficient (Wildman–Crippen LogP) is 2.10. The molecule has 2 atom stereocenters. The second kappa shape index (κ2) is 4.33. The summed E-state index contributed by atoms with van der Waals surface area (Å²) in [7, 11) is -3.65. The highest BCUT2D eigenvalue weighted by atomic mass is 32.2. The molecule has 0 bridgehead atoms. The Balaban J connectivity index is 1.67. The van der Waals surface area contributed by atoms with Gasteiger partial charge in [0.1, 0.15) is 5.60 Å². The van der Waals surface area contributed by atoms with Crippen LogP contribution in [-0.4, -0.2) is 26.7 Å². The second-order valence-corrected chi connectivity index (χ2v) is 6.56. The molecule has 2 unspecified atom stereocenters. The van der Waals surface area contributed by atoms with Crippen LogP contribution in [0.4, 0.5) is 0 Å². The standard InChI is InChI=1S/C13H16O4S/c14-18(15,11-6-2-1-3-7-11)16-10-13-9-5-4-8-12(13)17-13/h1-3,6-7,12H,4-5,8-10H2. The van der Waals surface area contributed by atoms with E-state index in [-0.39, 0.29) is 23.2 Å². The van der Waals surface area contributed by atoms with Crippen molar-refractivity contribution >= 4 is 10.1 Å². The van der Waals surface area contributed by atoms with E-state index in [2.05, 4.69) is 0 Å². The van der Waals surface area contributed by atoms with Crippen molar-refractivity contribution in [2.45, 2.75) is 42.3 Å². The Labute approximate surface area is 107 Å². The quantitative estimate of drug-likeness (QED) is 0.620. The summed E-state index contributed by atoms with van der Waals surface area (Å²) < 4.78 is 34.7. The van der Waals surface area contributed by atoms with Crippen LogP contribution in [-0.2, 0) is 19.0 Å². The van der Waals surface area contributed by atoms with Gasteiger partial charge in [-0.15, -0.1) is 0 Å². The molecular formula is C13H16O4S. The molecule has 1 aliphatic carbocycles. The van der Waals surface area contributed by atoms with Crippen LogP contribution in [0.15, 0.2) is 35.2 Å². The van der Waals surface area contributed by atoms with Gasteiger partial charge in [0.25, 0.3) is 10.1 Å². The lowest BCUT2D eigenvalue weighted by Gasteiger charge is -2.16. The molecule has 18 heavy (non-hydrogen) atoms. The molecule has 2 fully saturated rings. The third kappa shape index (κ3) is 2.18. The first-order valence-corrected chi connectivity index (χ1v) is 7.66. The number of epoxide rings is 1. The van der Waals surface area contributed by atoms with Crippen molar-refractivity contribution in [2.24, 2.45) is 0 Å². The molecule has 0 N–H and O–H groups in total. The summed E-state index contributed by atoms with van der Waals surface area (Å²) in [4.78, 5) is 0.203. The first kappa shape index (κ1) is 12.1. The fraction of sp³-hybridized carbons (Fsp3) is 0.538. The molecule has 1 saturated heterocycles. The molecular weight excluding hydrogens is 252 g/mol. The lowest BCUT2D eigenvalue weighted by atomic mass is 9.90. The summed E-state index contributed by atoms with van der Waals surface area (Å²) in [6.45, 7) is 0.148. The van der Waals surface area contributed by atoms with Gasteiger partial charge in [0, 0.05) is 0 Å². The van der Waals surface area contributed by atoms with Gasteiger partial charge in [-0.1, -0.05) is 31.0 Å². The smallest absolute Gasteiger partial charge is 0.297 e. The van der Waals surface area contributed by atoms with Crippen molar-refractivity contribution in [3.05, 3.63) is 30.3 Å². The number of fused-ring (bicyclic) bond motifs is 1. The molecule has 0 amide bonds. The van der Waals surface area contributed by atoms with Crippen LogP contribution in [0.5, 0.6) is 0 Å². The van der Waals surface area contributed by atoms with Crippen molar-refractivity contribution in [2.75, 3.05) is 6.61 Å². The van der Waals surface area contributed by atoms with E-state index in [0.717, 1.165) is 25.7 Å². The Hall–Kier alpha value is -0.910. The number of benzene rings is 1. The first-order chi connectivity index (χ1) is 8.62. The maximum absolute atomic E-state index is 12.0. The molecule has 1 aromatic carbocycles. The number of hydrogen-bond acceptors (Lipinski definition) is 4. The highest BCUT2D eigenvalue weighted by Gasteiger charge is 2.57. The van der Waals surface area contributed by atoms with Crippen LogP contribution in [0, 0.1) is 0 Å². The van der Waals surface area contributed by atoms with Gasteiger partial charge >= 0.3 is 0 Å². The monoisotopic (exact) mass is 268 g/mol. The fourth-order valence-electron chi connectivity index (χ4n) is 2.58. The molecule has 3 rings (SSSR count). The average Bonchev–Trinajstić information content (AvgIpc) is 3.13. The first-order valence-electron chi connectivity index (χ1n) is 6.25. The largest absolute Gasteiger partial charge is 0.363 e. The lowest BCUT2D eigenvalue weighted by molar-refractivity contribution is 0.183. The number of rotatable bonds is 4. The summed E-state index contributed by atoms with van der Waals surface area (Å²) in [5.74, 6) is 0. The van der Waals surface area contributed by atoms with E-state index < -0.39 is 10.1 Å². The van der Waals surface area contributed by atoms with Crippen LogP contribution < -0.4 is 0 Å². The van der Waals surface area contributed by atoms with Crippen molar-refractivity contribution in [3.8, 4) is 0 Å². The van der Waals surface area contributed by atoms with Crippen molar-refractivity contribution < 1.29 is 17.3 Å². The van der Waals surface area contributed by atoms with E-state index in [1.807, 2.05) is 0 Å². The molecule has 1 saturated carbocycles. The van der Waals surface area contributed by atoms with E-state index >= 15 is 0 Å². The Morgan fingerprint density at radius 1 is 1.28 bits per heavy atom. The zero-order valence-corrected chi connectivity index (χ0v) is 10.9. The van der Waals surface area contributed by atoms with Crippen LogP contribution >= 0.6 is 0 Å².